The van der Waals surface area contributed by atoms with Crippen LogP contribution in [0.1, 0.15) is 37.4 Å². The summed E-state index contributed by atoms with van der Waals surface area (Å²) in [7, 11) is 1.38. The van der Waals surface area contributed by atoms with Crippen LogP contribution in [-0.2, 0) is 11.2 Å². The molecule has 1 atom stereocenters. The Kier molecular flexibility index (Phi) is 5.63. The Morgan fingerprint density at radius 3 is 2.87 bits per heavy atom. The van der Waals surface area contributed by atoms with Crippen molar-refractivity contribution in [3.8, 4) is 26.8 Å². The quantitative estimate of drug-likeness (QED) is 0.552. The van der Waals surface area contributed by atoms with Crippen LogP contribution in [0.15, 0.2) is 42.6 Å². The summed E-state index contributed by atoms with van der Waals surface area (Å²) in [5, 5.41) is 3.83. The molecule has 2 aromatic carbocycles. The average molecular weight is 424 g/mol. The predicted octanol–water partition coefficient (Wildman–Crippen LogP) is 5.19. The minimum Gasteiger partial charge on any atom is -0.489 e. The highest BCUT2D eigenvalue weighted by Gasteiger charge is 2.27. The number of hydrogen-bond donors (Lipinski definition) is 2. The van der Waals surface area contributed by atoms with Crippen LogP contribution in [0.4, 0.5) is 10.5 Å². The van der Waals surface area contributed by atoms with Crippen molar-refractivity contribution in [1.29, 1.82) is 0 Å². The van der Waals surface area contributed by atoms with Crippen molar-refractivity contribution in [3.63, 3.8) is 0 Å². The number of carbonyl (C=O) groups is 1. The van der Waals surface area contributed by atoms with Gasteiger partial charge in [0.05, 0.1) is 29.8 Å². The number of thiazole rings is 1. The van der Waals surface area contributed by atoms with Gasteiger partial charge in [-0.15, -0.1) is 11.3 Å². The largest absolute Gasteiger partial charge is 0.489 e. The van der Waals surface area contributed by atoms with Gasteiger partial charge in [-0.05, 0) is 61.6 Å². The molecule has 1 aromatic heterocycles. The molecule has 0 saturated carbocycles. The van der Waals surface area contributed by atoms with E-state index in [0.29, 0.717) is 11.4 Å². The van der Waals surface area contributed by atoms with Gasteiger partial charge in [0, 0.05) is 11.8 Å². The number of anilines is 1. The number of alkyl carbamates (subject to hydrolysis) is 1. The summed E-state index contributed by atoms with van der Waals surface area (Å²) in [5.41, 5.74) is 11.3. The number of carbonyl (C=O) groups excluding carboxylic acids is 1. The first-order valence-corrected chi connectivity index (χ1v) is 10.8. The minimum atomic E-state index is -0.402. The Hall–Kier alpha value is -3.06. The van der Waals surface area contributed by atoms with E-state index in [2.05, 4.69) is 22.4 Å². The molecule has 30 heavy (non-hydrogen) atoms. The number of nitrogens with zero attached hydrogens (tertiary/aromatic N) is 1. The van der Waals surface area contributed by atoms with E-state index in [4.69, 9.17) is 15.2 Å². The number of fused-ring (bicyclic) bond motifs is 1. The van der Waals surface area contributed by atoms with E-state index >= 15 is 0 Å². The summed E-state index contributed by atoms with van der Waals surface area (Å²) >= 11 is 1.63. The molecule has 7 heteroatoms. The van der Waals surface area contributed by atoms with Crippen molar-refractivity contribution >= 4 is 23.1 Å². The highest BCUT2D eigenvalue weighted by Crippen LogP contribution is 2.41. The van der Waals surface area contributed by atoms with Gasteiger partial charge >= 0.3 is 6.09 Å². The molecule has 0 spiro atoms. The number of amides is 1. The minimum absolute atomic E-state index is 0.0203. The summed E-state index contributed by atoms with van der Waals surface area (Å²) in [6, 6.07) is 12.0. The van der Waals surface area contributed by atoms with Crippen LogP contribution in [0.25, 0.3) is 21.0 Å². The standard InChI is InChI=1S/C23H25N3O3S/c1-13(2)29-20-10-7-14(11-18(20)24)22-25-12-21(30-22)17-6-4-5-16-15(17)8-9-19(16)26-23(27)28-3/h4-7,10-13,19H,8-9,24H2,1-3H3,(H,26,27)/t19-/m1/s1. The molecule has 4 rings (SSSR count). The maximum absolute atomic E-state index is 11.6. The fourth-order valence-corrected chi connectivity index (χ4v) is 4.78. The van der Waals surface area contributed by atoms with Crippen LogP contribution in [0.3, 0.4) is 0 Å². The number of nitrogen functional groups attached to an aromatic ring is 1. The molecule has 1 aliphatic rings. The van der Waals surface area contributed by atoms with Crippen LogP contribution in [0.2, 0.25) is 0 Å². The van der Waals surface area contributed by atoms with Gasteiger partial charge in [0.2, 0.25) is 0 Å². The second-order valence-electron chi connectivity index (χ2n) is 7.55. The molecule has 1 amide bonds. The van der Waals surface area contributed by atoms with Gasteiger partial charge in [0.15, 0.2) is 0 Å². The second kappa shape index (κ2) is 8.36. The van der Waals surface area contributed by atoms with Crippen LogP contribution in [0.5, 0.6) is 5.75 Å². The molecule has 1 aliphatic carbocycles. The predicted molar refractivity (Wildman–Crippen MR) is 120 cm³/mol. The lowest BCUT2D eigenvalue weighted by molar-refractivity contribution is 0.166. The highest BCUT2D eigenvalue weighted by molar-refractivity contribution is 7.18. The Morgan fingerprint density at radius 2 is 2.13 bits per heavy atom. The lowest BCUT2D eigenvalue weighted by Crippen LogP contribution is -2.26. The Bertz CT molecular complexity index is 1080. The Morgan fingerprint density at radius 1 is 1.30 bits per heavy atom. The van der Waals surface area contributed by atoms with Crippen LogP contribution in [-0.4, -0.2) is 24.3 Å². The maximum atomic E-state index is 11.6. The summed E-state index contributed by atoms with van der Waals surface area (Å²) in [5.74, 6) is 0.690. The molecule has 0 unspecified atom stereocenters. The highest BCUT2D eigenvalue weighted by atomic mass is 32.1. The normalized spacial score (nSPS) is 15.1. The number of benzene rings is 2. The first kappa shape index (κ1) is 20.2. The van der Waals surface area contributed by atoms with Crippen LogP contribution in [0, 0.1) is 0 Å². The first-order chi connectivity index (χ1) is 14.5. The van der Waals surface area contributed by atoms with Gasteiger partial charge < -0.3 is 20.5 Å². The molecule has 0 saturated heterocycles. The average Bonchev–Trinajstić information content (AvgIpc) is 3.37. The van der Waals surface area contributed by atoms with E-state index in [0.717, 1.165) is 39.4 Å². The van der Waals surface area contributed by atoms with E-state index in [1.54, 1.807) is 11.3 Å². The van der Waals surface area contributed by atoms with Crippen molar-refractivity contribution in [3.05, 3.63) is 53.7 Å². The lowest BCUT2D eigenvalue weighted by Gasteiger charge is -2.13. The van der Waals surface area contributed by atoms with E-state index in [-0.39, 0.29) is 12.1 Å². The summed E-state index contributed by atoms with van der Waals surface area (Å²) in [4.78, 5) is 17.4. The zero-order valence-electron chi connectivity index (χ0n) is 17.3. The maximum Gasteiger partial charge on any atom is 0.407 e. The number of methoxy groups -OCH3 is 1. The van der Waals surface area contributed by atoms with Crippen LogP contribution < -0.4 is 15.8 Å². The number of ether oxygens (including phenoxy) is 2. The monoisotopic (exact) mass is 423 g/mol. The molecular weight excluding hydrogens is 398 g/mol. The zero-order chi connectivity index (χ0) is 21.3. The van der Waals surface area contributed by atoms with Gasteiger partial charge in [-0.25, -0.2) is 9.78 Å². The summed E-state index contributed by atoms with van der Waals surface area (Å²) < 4.78 is 10.5. The first-order valence-electron chi connectivity index (χ1n) is 9.95. The number of nitrogens with two attached hydrogens (primary N) is 1. The molecule has 3 N–H and O–H groups in total. The number of aromatic nitrogens is 1. The van der Waals surface area contributed by atoms with E-state index in [1.807, 2.05) is 44.3 Å². The number of nitrogens with one attached hydrogen (secondary N) is 1. The van der Waals surface area contributed by atoms with Gasteiger partial charge in [-0.3, -0.25) is 0 Å². The van der Waals surface area contributed by atoms with Crippen molar-refractivity contribution in [1.82, 2.24) is 10.3 Å². The van der Waals surface area contributed by atoms with Gasteiger partial charge in [0.25, 0.3) is 0 Å². The van der Waals surface area contributed by atoms with E-state index < -0.39 is 6.09 Å². The third-order valence-corrected chi connectivity index (χ3v) is 6.22. The lowest BCUT2D eigenvalue weighted by atomic mass is 10.0. The van der Waals surface area contributed by atoms with Crippen molar-refractivity contribution < 1.29 is 14.3 Å². The Balaban J connectivity index is 1.61. The number of hydrogen-bond acceptors (Lipinski definition) is 6. The molecule has 0 fully saturated rings. The number of rotatable bonds is 5. The van der Waals surface area contributed by atoms with Crippen molar-refractivity contribution in [2.75, 3.05) is 12.8 Å². The topological polar surface area (TPSA) is 86.5 Å². The smallest absolute Gasteiger partial charge is 0.407 e. The van der Waals surface area contributed by atoms with E-state index in [1.165, 1.54) is 12.7 Å². The zero-order valence-corrected chi connectivity index (χ0v) is 18.1. The van der Waals surface area contributed by atoms with Crippen molar-refractivity contribution in [2.24, 2.45) is 0 Å². The molecule has 1 heterocycles. The second-order valence-corrected chi connectivity index (χ2v) is 8.58. The third-order valence-electron chi connectivity index (χ3n) is 5.14. The SMILES string of the molecule is COC(=O)N[C@@H]1CCc2c(-c3cnc(-c4ccc(OC(C)C)c(N)c4)s3)cccc21. The fraction of sp³-hybridized carbons (Fsp3) is 0.304. The summed E-state index contributed by atoms with van der Waals surface area (Å²) in [6.45, 7) is 3.95. The fourth-order valence-electron chi connectivity index (χ4n) is 3.81. The molecule has 0 radical (unpaired) electrons. The van der Waals surface area contributed by atoms with Crippen molar-refractivity contribution in [2.45, 2.75) is 38.8 Å². The molecule has 0 bridgehead atoms. The van der Waals surface area contributed by atoms with E-state index in [9.17, 15) is 4.79 Å². The molecular formula is C23H25N3O3S. The van der Waals surface area contributed by atoms with Crippen LogP contribution >= 0.6 is 11.3 Å². The third kappa shape index (κ3) is 3.98. The van der Waals surface area contributed by atoms with Gasteiger partial charge in [-0.1, -0.05) is 18.2 Å². The molecule has 0 aliphatic heterocycles. The molecule has 3 aromatic rings. The van der Waals surface area contributed by atoms with Gasteiger partial charge in [0.1, 0.15) is 10.8 Å². The summed E-state index contributed by atoms with van der Waals surface area (Å²) in [6.07, 6.45) is 3.34. The Labute approximate surface area is 180 Å². The molecule has 156 valence electrons. The van der Waals surface area contributed by atoms with Gasteiger partial charge in [-0.2, -0.15) is 0 Å². The molecule has 6 nitrogen and oxygen atoms in total.